The Balaban J connectivity index is 1.48. The van der Waals surface area contributed by atoms with Crippen molar-refractivity contribution >= 4 is 55.5 Å². The van der Waals surface area contributed by atoms with Gasteiger partial charge < -0.3 is 10.2 Å². The number of nitrogens with zero attached hydrogens (tertiary/aromatic N) is 2. The van der Waals surface area contributed by atoms with Gasteiger partial charge in [-0.1, -0.05) is 41.9 Å². The third-order valence-corrected chi connectivity index (χ3v) is 6.21. The summed E-state index contributed by atoms with van der Waals surface area (Å²) in [6.07, 6.45) is -3.10. The second-order valence-corrected chi connectivity index (χ2v) is 8.24. The molecule has 0 saturated heterocycles. The molecule has 0 aliphatic carbocycles. The molecule has 0 saturated carbocycles. The van der Waals surface area contributed by atoms with E-state index < -0.39 is 18.1 Å². The van der Waals surface area contributed by atoms with Crippen molar-refractivity contribution in [2.45, 2.75) is 12.2 Å². The van der Waals surface area contributed by atoms with E-state index in [1.54, 1.807) is 17.5 Å². The summed E-state index contributed by atoms with van der Waals surface area (Å²) in [6.45, 7) is 0. The number of benzene rings is 2. The molecule has 2 atom stereocenters. The topological polar surface area (TPSA) is 95.3 Å². The first-order chi connectivity index (χ1) is 13.5. The second kappa shape index (κ2) is 7.94. The van der Waals surface area contributed by atoms with Crippen molar-refractivity contribution in [3.8, 4) is 11.3 Å². The van der Waals surface area contributed by atoms with Gasteiger partial charge in [0, 0.05) is 16.0 Å². The predicted octanol–water partition coefficient (Wildman–Crippen LogP) is 4.11. The number of amides is 1. The van der Waals surface area contributed by atoms with Crippen molar-refractivity contribution in [1.82, 2.24) is 9.97 Å². The van der Waals surface area contributed by atoms with Gasteiger partial charge in [0.15, 0.2) is 11.2 Å². The molecule has 0 bridgehead atoms. The van der Waals surface area contributed by atoms with Crippen LogP contribution in [0.1, 0.15) is 11.1 Å². The van der Waals surface area contributed by atoms with Crippen LogP contribution in [0, 0.1) is 0 Å². The van der Waals surface area contributed by atoms with Crippen molar-refractivity contribution in [2.24, 2.45) is 0 Å². The monoisotopic (exact) mass is 431 g/mol. The van der Waals surface area contributed by atoms with E-state index >= 15 is 0 Å². The molecule has 2 unspecified atom stereocenters. The van der Waals surface area contributed by atoms with Crippen LogP contribution >= 0.6 is 34.3 Å². The third kappa shape index (κ3) is 3.78. The fraction of sp³-hybridized carbons (Fsp3) is 0.105. The van der Waals surface area contributed by atoms with Gasteiger partial charge in [-0.05, 0) is 18.2 Å². The maximum Gasteiger partial charge on any atom is 0.258 e. The lowest BCUT2D eigenvalue weighted by Crippen LogP contribution is -2.33. The standard InChI is InChI=1S/C19H14ClN3O3S2/c20-11-6-2-1-5-10(11)13-9-27-19(22-13)23-17(26)15(24)16(25)18-21-12-7-3-4-8-14(12)28-18/h1-9,15-16,24-25H,(H,22,23,26). The number of hydrogen-bond acceptors (Lipinski definition) is 7. The normalized spacial score (nSPS) is 13.4. The van der Waals surface area contributed by atoms with Crippen molar-refractivity contribution in [1.29, 1.82) is 0 Å². The van der Waals surface area contributed by atoms with Crippen LogP contribution in [0.15, 0.2) is 53.9 Å². The number of carbonyl (C=O) groups is 1. The lowest BCUT2D eigenvalue weighted by atomic mass is 10.2. The first-order valence-electron chi connectivity index (χ1n) is 8.26. The molecule has 0 aliphatic rings. The molecule has 3 N–H and O–H groups in total. The number of anilines is 1. The van der Waals surface area contributed by atoms with E-state index in [0.29, 0.717) is 21.4 Å². The van der Waals surface area contributed by atoms with Gasteiger partial charge in [0.25, 0.3) is 5.91 Å². The lowest BCUT2D eigenvalue weighted by molar-refractivity contribution is -0.129. The summed E-state index contributed by atoms with van der Waals surface area (Å²) >= 11 is 8.60. The van der Waals surface area contributed by atoms with Crippen LogP contribution in [0.2, 0.25) is 5.02 Å². The Kier molecular flexibility index (Phi) is 5.38. The highest BCUT2D eigenvalue weighted by atomic mass is 35.5. The Hall–Kier alpha value is -2.36. The molecule has 9 heteroatoms. The minimum Gasteiger partial charge on any atom is -0.383 e. The molecule has 2 aromatic carbocycles. The summed E-state index contributed by atoms with van der Waals surface area (Å²) in [4.78, 5) is 21.0. The van der Waals surface area contributed by atoms with Gasteiger partial charge in [-0.15, -0.1) is 22.7 Å². The zero-order valence-corrected chi connectivity index (χ0v) is 16.6. The van der Waals surface area contributed by atoms with Crippen LogP contribution in [0.25, 0.3) is 21.5 Å². The van der Waals surface area contributed by atoms with E-state index in [2.05, 4.69) is 15.3 Å². The van der Waals surface area contributed by atoms with Crippen LogP contribution in [0.5, 0.6) is 0 Å². The molecule has 0 spiro atoms. The van der Waals surface area contributed by atoms with Gasteiger partial charge in [0.05, 0.1) is 15.9 Å². The molecule has 4 aromatic rings. The number of thiazole rings is 2. The fourth-order valence-corrected chi connectivity index (χ4v) is 4.53. The summed E-state index contributed by atoms with van der Waals surface area (Å²) < 4.78 is 0.869. The molecular weight excluding hydrogens is 418 g/mol. The van der Waals surface area contributed by atoms with Crippen molar-refractivity contribution in [2.75, 3.05) is 5.32 Å². The minimum atomic E-state index is -1.67. The van der Waals surface area contributed by atoms with Crippen molar-refractivity contribution in [3.63, 3.8) is 0 Å². The highest BCUT2D eigenvalue weighted by Gasteiger charge is 2.29. The minimum absolute atomic E-state index is 0.278. The molecule has 0 aliphatic heterocycles. The van der Waals surface area contributed by atoms with Gasteiger partial charge in [-0.2, -0.15) is 0 Å². The number of aliphatic hydroxyl groups is 2. The molecule has 6 nitrogen and oxygen atoms in total. The first kappa shape index (κ1) is 19.0. The summed E-state index contributed by atoms with van der Waals surface area (Å²) in [5.74, 6) is -0.758. The van der Waals surface area contributed by atoms with E-state index in [1.165, 1.54) is 22.7 Å². The first-order valence-corrected chi connectivity index (χ1v) is 10.3. The molecule has 2 heterocycles. The lowest BCUT2D eigenvalue weighted by Gasteiger charge is -2.14. The van der Waals surface area contributed by atoms with E-state index in [0.717, 1.165) is 10.3 Å². The second-order valence-electron chi connectivity index (χ2n) is 5.92. The number of hydrogen-bond donors (Lipinski definition) is 3. The van der Waals surface area contributed by atoms with Gasteiger partial charge in [0.2, 0.25) is 0 Å². The highest BCUT2D eigenvalue weighted by molar-refractivity contribution is 7.18. The molecule has 1 amide bonds. The summed E-state index contributed by atoms with van der Waals surface area (Å²) in [7, 11) is 0. The molecule has 0 fully saturated rings. The third-order valence-electron chi connectivity index (χ3n) is 4.02. The number of nitrogens with one attached hydrogen (secondary N) is 1. The molecule has 0 radical (unpaired) electrons. The van der Waals surface area contributed by atoms with E-state index in [-0.39, 0.29) is 5.01 Å². The highest BCUT2D eigenvalue weighted by Crippen LogP contribution is 2.31. The zero-order valence-electron chi connectivity index (χ0n) is 14.2. The summed E-state index contributed by atoms with van der Waals surface area (Å²) in [5.41, 5.74) is 2.07. The molecular formula is C19H14ClN3O3S2. The maximum atomic E-state index is 12.4. The number of halogens is 1. The van der Waals surface area contributed by atoms with Crippen molar-refractivity contribution in [3.05, 3.63) is 63.9 Å². The number of aliphatic hydroxyl groups excluding tert-OH is 2. The van der Waals surface area contributed by atoms with Crippen LogP contribution in [0.4, 0.5) is 5.13 Å². The van der Waals surface area contributed by atoms with Gasteiger partial charge in [-0.25, -0.2) is 9.97 Å². The number of para-hydroxylation sites is 1. The zero-order chi connectivity index (χ0) is 19.7. The smallest absolute Gasteiger partial charge is 0.258 e. The van der Waals surface area contributed by atoms with Crippen LogP contribution in [0.3, 0.4) is 0 Å². The molecule has 142 valence electrons. The summed E-state index contributed by atoms with van der Waals surface area (Å²) in [5, 5.41) is 26.0. The van der Waals surface area contributed by atoms with E-state index in [9.17, 15) is 15.0 Å². The van der Waals surface area contributed by atoms with E-state index in [1.807, 2.05) is 36.4 Å². The van der Waals surface area contributed by atoms with Gasteiger partial charge >= 0.3 is 0 Å². The SMILES string of the molecule is O=C(Nc1nc(-c2ccccc2Cl)cs1)C(O)C(O)c1nc2ccccc2s1. The Labute approximate surface area is 173 Å². The van der Waals surface area contributed by atoms with E-state index in [4.69, 9.17) is 11.6 Å². The van der Waals surface area contributed by atoms with Crippen molar-refractivity contribution < 1.29 is 15.0 Å². The Bertz CT molecular complexity index is 1110. The Morgan fingerprint density at radius 2 is 1.82 bits per heavy atom. The summed E-state index contributed by atoms with van der Waals surface area (Å²) in [6, 6.07) is 14.6. The average Bonchev–Trinajstić information content (AvgIpc) is 3.34. The van der Waals surface area contributed by atoms with Crippen LogP contribution in [-0.2, 0) is 4.79 Å². The number of rotatable bonds is 5. The Morgan fingerprint density at radius 3 is 2.61 bits per heavy atom. The molecule has 2 aromatic heterocycles. The quantitative estimate of drug-likeness (QED) is 0.442. The van der Waals surface area contributed by atoms with Gasteiger partial charge in [0.1, 0.15) is 11.1 Å². The predicted molar refractivity (Wildman–Crippen MR) is 112 cm³/mol. The molecule has 28 heavy (non-hydrogen) atoms. The fourth-order valence-electron chi connectivity index (χ4n) is 2.60. The number of fused-ring (bicyclic) bond motifs is 1. The van der Waals surface area contributed by atoms with Crippen LogP contribution in [-0.4, -0.2) is 32.2 Å². The number of aromatic nitrogens is 2. The van der Waals surface area contributed by atoms with Gasteiger partial charge in [-0.3, -0.25) is 10.1 Å². The molecule has 4 rings (SSSR count). The number of carbonyl (C=O) groups excluding carboxylic acids is 1. The maximum absolute atomic E-state index is 12.4. The van der Waals surface area contributed by atoms with Crippen LogP contribution < -0.4 is 5.32 Å². The largest absolute Gasteiger partial charge is 0.383 e. The average molecular weight is 432 g/mol. The Morgan fingerprint density at radius 1 is 1.07 bits per heavy atom.